The molecular formula is C19H16N2. The summed E-state index contributed by atoms with van der Waals surface area (Å²) in [5.41, 5.74) is 6.20. The van der Waals surface area contributed by atoms with Crippen LogP contribution in [-0.2, 0) is 6.42 Å². The van der Waals surface area contributed by atoms with Crippen LogP contribution in [0.1, 0.15) is 23.6 Å². The molecule has 1 aromatic heterocycles. The van der Waals surface area contributed by atoms with Crippen LogP contribution in [0.2, 0.25) is 0 Å². The fraction of sp³-hybridized carbons (Fsp3) is 0.158. The number of hydrogen-bond acceptors (Lipinski definition) is 2. The number of nitrogens with zero attached hydrogens (tertiary/aromatic N) is 2. The second-order valence-corrected chi connectivity index (χ2v) is 5.22. The molecule has 2 heteroatoms. The number of nitriles is 1. The SMILES string of the molecule is CCc1ccc(-c2nc3ccc(C#N)cc3cc2C)cc1. The third kappa shape index (κ3) is 2.51. The molecule has 102 valence electrons. The lowest BCUT2D eigenvalue weighted by atomic mass is 10.0. The van der Waals surface area contributed by atoms with Crippen molar-refractivity contribution in [1.29, 1.82) is 5.26 Å². The highest BCUT2D eigenvalue weighted by Gasteiger charge is 2.07. The number of hydrogen-bond donors (Lipinski definition) is 0. The first-order valence-corrected chi connectivity index (χ1v) is 7.12. The average molecular weight is 272 g/mol. The molecule has 2 nitrogen and oxygen atoms in total. The maximum atomic E-state index is 8.98. The summed E-state index contributed by atoms with van der Waals surface area (Å²) < 4.78 is 0. The quantitative estimate of drug-likeness (QED) is 0.681. The summed E-state index contributed by atoms with van der Waals surface area (Å²) >= 11 is 0. The van der Waals surface area contributed by atoms with Crippen LogP contribution in [0.25, 0.3) is 22.2 Å². The lowest BCUT2D eigenvalue weighted by molar-refractivity contribution is 1.14. The fourth-order valence-corrected chi connectivity index (χ4v) is 2.54. The van der Waals surface area contributed by atoms with Crippen LogP contribution in [0.15, 0.2) is 48.5 Å². The van der Waals surface area contributed by atoms with E-state index in [1.54, 1.807) is 0 Å². The van der Waals surface area contributed by atoms with Gasteiger partial charge in [0.05, 0.1) is 22.8 Å². The molecule has 1 heterocycles. The number of benzene rings is 2. The summed E-state index contributed by atoms with van der Waals surface area (Å²) in [5, 5.41) is 9.99. The summed E-state index contributed by atoms with van der Waals surface area (Å²) in [7, 11) is 0. The van der Waals surface area contributed by atoms with E-state index in [2.05, 4.69) is 50.2 Å². The Bertz CT molecular complexity index is 840. The minimum atomic E-state index is 0.670. The number of rotatable bonds is 2. The van der Waals surface area contributed by atoms with Gasteiger partial charge < -0.3 is 0 Å². The Morgan fingerprint density at radius 3 is 2.48 bits per heavy atom. The summed E-state index contributed by atoms with van der Waals surface area (Å²) in [6, 6.07) is 18.5. The molecule has 0 N–H and O–H groups in total. The van der Waals surface area contributed by atoms with Gasteiger partial charge in [0.2, 0.25) is 0 Å². The van der Waals surface area contributed by atoms with E-state index < -0.39 is 0 Å². The highest BCUT2D eigenvalue weighted by Crippen LogP contribution is 2.26. The predicted octanol–water partition coefficient (Wildman–Crippen LogP) is 4.64. The van der Waals surface area contributed by atoms with Crippen molar-refractivity contribution in [2.45, 2.75) is 20.3 Å². The van der Waals surface area contributed by atoms with E-state index in [0.717, 1.165) is 34.1 Å². The molecule has 0 fully saturated rings. The molecule has 21 heavy (non-hydrogen) atoms. The van der Waals surface area contributed by atoms with E-state index in [1.807, 2.05) is 18.2 Å². The van der Waals surface area contributed by atoms with Gasteiger partial charge in [-0.25, -0.2) is 4.98 Å². The topological polar surface area (TPSA) is 36.7 Å². The molecule has 0 aliphatic rings. The molecule has 0 aliphatic heterocycles. The third-order valence-corrected chi connectivity index (χ3v) is 3.77. The first-order chi connectivity index (χ1) is 10.2. The van der Waals surface area contributed by atoms with Crippen molar-refractivity contribution >= 4 is 10.9 Å². The highest BCUT2D eigenvalue weighted by molar-refractivity contribution is 5.84. The van der Waals surface area contributed by atoms with Gasteiger partial charge in [-0.2, -0.15) is 5.26 Å². The van der Waals surface area contributed by atoms with Gasteiger partial charge in [-0.3, -0.25) is 0 Å². The fourth-order valence-electron chi connectivity index (χ4n) is 2.54. The molecule has 0 saturated carbocycles. The summed E-state index contributed by atoms with van der Waals surface area (Å²) in [4.78, 5) is 4.77. The van der Waals surface area contributed by atoms with E-state index in [0.29, 0.717) is 5.56 Å². The van der Waals surface area contributed by atoms with Gasteiger partial charge in [0.25, 0.3) is 0 Å². The van der Waals surface area contributed by atoms with Gasteiger partial charge in [-0.15, -0.1) is 0 Å². The van der Waals surface area contributed by atoms with Crippen LogP contribution in [-0.4, -0.2) is 4.98 Å². The molecule has 0 atom stereocenters. The van der Waals surface area contributed by atoms with Crippen LogP contribution in [0, 0.1) is 18.3 Å². The maximum absolute atomic E-state index is 8.98. The zero-order valence-corrected chi connectivity index (χ0v) is 12.2. The Hall–Kier alpha value is -2.66. The van der Waals surface area contributed by atoms with Crippen LogP contribution >= 0.6 is 0 Å². The highest BCUT2D eigenvalue weighted by atomic mass is 14.7. The van der Waals surface area contributed by atoms with Crippen molar-refractivity contribution in [3.63, 3.8) is 0 Å². The summed E-state index contributed by atoms with van der Waals surface area (Å²) in [5.74, 6) is 0. The lowest BCUT2D eigenvalue weighted by Gasteiger charge is -2.08. The Labute approximate surface area is 124 Å². The third-order valence-electron chi connectivity index (χ3n) is 3.77. The molecule has 0 bridgehead atoms. The first kappa shape index (κ1) is 13.3. The largest absolute Gasteiger partial charge is 0.248 e. The van der Waals surface area contributed by atoms with Crippen LogP contribution < -0.4 is 0 Å². The second-order valence-electron chi connectivity index (χ2n) is 5.22. The molecule has 0 saturated heterocycles. The normalized spacial score (nSPS) is 10.5. The molecule has 0 radical (unpaired) electrons. The van der Waals surface area contributed by atoms with E-state index in [9.17, 15) is 0 Å². The molecule has 0 spiro atoms. The number of aromatic nitrogens is 1. The van der Waals surface area contributed by atoms with Gasteiger partial charge in [0.15, 0.2) is 0 Å². The first-order valence-electron chi connectivity index (χ1n) is 7.12. The zero-order valence-electron chi connectivity index (χ0n) is 12.2. The molecule has 0 amide bonds. The second kappa shape index (κ2) is 5.38. The van der Waals surface area contributed by atoms with Crippen LogP contribution in [0.3, 0.4) is 0 Å². The van der Waals surface area contributed by atoms with Gasteiger partial charge in [-0.1, -0.05) is 31.2 Å². The van der Waals surface area contributed by atoms with Gasteiger partial charge in [0.1, 0.15) is 0 Å². The minimum Gasteiger partial charge on any atom is -0.248 e. The van der Waals surface area contributed by atoms with Crippen molar-refractivity contribution in [3.8, 4) is 17.3 Å². The Kier molecular flexibility index (Phi) is 3.41. The van der Waals surface area contributed by atoms with E-state index in [-0.39, 0.29) is 0 Å². The minimum absolute atomic E-state index is 0.670. The smallest absolute Gasteiger partial charge is 0.0991 e. The van der Waals surface area contributed by atoms with Crippen LogP contribution in [0.4, 0.5) is 0 Å². The standard InChI is InChI=1S/C19H16N2/c1-3-14-4-7-16(8-5-14)19-13(2)10-17-11-15(12-20)6-9-18(17)21-19/h4-11H,3H2,1-2H3. The van der Waals surface area contributed by atoms with E-state index in [4.69, 9.17) is 10.2 Å². The average Bonchev–Trinajstić information content (AvgIpc) is 2.53. The molecule has 3 rings (SSSR count). The zero-order chi connectivity index (χ0) is 14.8. The van der Waals surface area contributed by atoms with E-state index >= 15 is 0 Å². The molecule has 0 aliphatic carbocycles. The Morgan fingerprint density at radius 1 is 1.05 bits per heavy atom. The van der Waals surface area contributed by atoms with Crippen molar-refractivity contribution in [2.75, 3.05) is 0 Å². The maximum Gasteiger partial charge on any atom is 0.0991 e. The number of pyridine rings is 1. The van der Waals surface area contributed by atoms with Crippen molar-refractivity contribution < 1.29 is 0 Å². The Balaban J connectivity index is 2.14. The number of fused-ring (bicyclic) bond motifs is 1. The van der Waals surface area contributed by atoms with Crippen LogP contribution in [0.5, 0.6) is 0 Å². The van der Waals surface area contributed by atoms with E-state index in [1.165, 1.54) is 5.56 Å². The van der Waals surface area contributed by atoms with Crippen molar-refractivity contribution in [2.24, 2.45) is 0 Å². The molecule has 3 aromatic rings. The van der Waals surface area contributed by atoms with Gasteiger partial charge >= 0.3 is 0 Å². The summed E-state index contributed by atoms with van der Waals surface area (Å²) in [6.45, 7) is 4.22. The van der Waals surface area contributed by atoms with Gasteiger partial charge in [-0.05, 0) is 48.7 Å². The molecule has 0 unspecified atom stereocenters. The monoisotopic (exact) mass is 272 g/mol. The molecule has 2 aromatic carbocycles. The van der Waals surface area contributed by atoms with Gasteiger partial charge in [0, 0.05) is 10.9 Å². The summed E-state index contributed by atoms with van der Waals surface area (Å²) in [6.07, 6.45) is 1.04. The predicted molar refractivity (Wildman–Crippen MR) is 86.0 cm³/mol. The van der Waals surface area contributed by atoms with Crippen molar-refractivity contribution in [3.05, 3.63) is 65.2 Å². The number of aryl methyl sites for hydroxylation is 2. The molecular weight excluding hydrogens is 256 g/mol. The lowest BCUT2D eigenvalue weighted by Crippen LogP contribution is -1.91. The van der Waals surface area contributed by atoms with Crippen molar-refractivity contribution in [1.82, 2.24) is 4.98 Å². The Morgan fingerprint density at radius 2 is 1.81 bits per heavy atom.